The average molecular weight is 399 g/mol. The van der Waals surface area contributed by atoms with Gasteiger partial charge in [-0.2, -0.15) is 5.10 Å². The molecule has 3 aromatic rings. The highest BCUT2D eigenvalue weighted by Crippen LogP contribution is 2.32. The van der Waals surface area contributed by atoms with E-state index in [-0.39, 0.29) is 18.1 Å². The van der Waals surface area contributed by atoms with E-state index in [1.165, 1.54) is 24.4 Å². The number of hydrogen-bond donors (Lipinski definition) is 2. The maximum Gasteiger partial charge on any atom is 0.270 e. The van der Waals surface area contributed by atoms with Crippen LogP contribution in [0, 0.1) is 10.1 Å². The van der Waals surface area contributed by atoms with Crippen molar-refractivity contribution in [3.8, 4) is 11.3 Å². The fraction of sp³-hybridized carbons (Fsp3) is 0.0526. The quantitative estimate of drug-likeness (QED) is 0.354. The third-order valence-electron chi connectivity index (χ3n) is 3.66. The molecule has 0 radical (unpaired) electrons. The number of nitro benzene ring substituents is 1. The van der Waals surface area contributed by atoms with E-state index in [2.05, 4.69) is 15.8 Å². The molecule has 0 atom stereocenters. The number of carbonyl (C=O) groups is 1. The summed E-state index contributed by atoms with van der Waals surface area (Å²) in [6.45, 7) is 0.0635. The molecule has 1 aromatic heterocycles. The predicted molar refractivity (Wildman–Crippen MR) is 106 cm³/mol. The number of nitrogens with zero attached hydrogens (tertiary/aromatic N) is 2. The maximum absolute atomic E-state index is 11.8. The van der Waals surface area contributed by atoms with Crippen molar-refractivity contribution in [3.63, 3.8) is 0 Å². The van der Waals surface area contributed by atoms with Gasteiger partial charge < -0.3 is 9.73 Å². The maximum atomic E-state index is 11.8. The lowest BCUT2D eigenvalue weighted by atomic mass is 10.1. The molecule has 0 bridgehead atoms. The summed E-state index contributed by atoms with van der Waals surface area (Å²) < 4.78 is 5.57. The molecule has 0 fully saturated rings. The summed E-state index contributed by atoms with van der Waals surface area (Å²) >= 11 is 6.10. The van der Waals surface area contributed by atoms with Gasteiger partial charge >= 0.3 is 0 Å². The third-order valence-corrected chi connectivity index (χ3v) is 3.99. The Kier molecular flexibility index (Phi) is 6.03. The van der Waals surface area contributed by atoms with Gasteiger partial charge in [0.25, 0.3) is 11.6 Å². The van der Waals surface area contributed by atoms with Gasteiger partial charge in [0.2, 0.25) is 0 Å². The molecule has 0 saturated carbocycles. The van der Waals surface area contributed by atoms with Crippen LogP contribution in [0.25, 0.3) is 11.3 Å². The van der Waals surface area contributed by atoms with Crippen LogP contribution in [0.2, 0.25) is 5.02 Å². The van der Waals surface area contributed by atoms with Crippen molar-refractivity contribution in [1.29, 1.82) is 0 Å². The highest BCUT2D eigenvalue weighted by molar-refractivity contribution is 6.33. The Hall–Kier alpha value is -3.65. The topological polar surface area (TPSA) is 110 Å². The monoisotopic (exact) mass is 398 g/mol. The van der Waals surface area contributed by atoms with E-state index in [4.69, 9.17) is 16.0 Å². The molecule has 3 rings (SSSR count). The van der Waals surface area contributed by atoms with Gasteiger partial charge in [-0.25, -0.2) is 5.43 Å². The second kappa shape index (κ2) is 8.83. The summed E-state index contributed by atoms with van der Waals surface area (Å²) in [5.41, 5.74) is 3.51. The van der Waals surface area contributed by atoms with Gasteiger partial charge in [-0.3, -0.25) is 14.9 Å². The molecule has 142 valence electrons. The number of nitrogens with one attached hydrogen (secondary N) is 2. The number of carbonyl (C=O) groups excluding carboxylic acids is 1. The highest BCUT2D eigenvalue weighted by atomic mass is 35.5. The summed E-state index contributed by atoms with van der Waals surface area (Å²) in [5.74, 6) is 0.384. The Bertz CT molecular complexity index is 1020. The van der Waals surface area contributed by atoms with E-state index in [0.717, 1.165) is 5.69 Å². The van der Waals surface area contributed by atoms with Crippen molar-refractivity contribution in [3.05, 3.63) is 81.6 Å². The van der Waals surface area contributed by atoms with Crippen LogP contribution in [0.1, 0.15) is 5.76 Å². The first-order valence-corrected chi connectivity index (χ1v) is 8.56. The highest BCUT2D eigenvalue weighted by Gasteiger charge is 2.14. The molecule has 0 aliphatic rings. The molecule has 8 nitrogen and oxygen atoms in total. The van der Waals surface area contributed by atoms with Crippen LogP contribution in [0.4, 0.5) is 11.4 Å². The number of nitro groups is 1. The largest absolute Gasteiger partial charge is 0.455 e. The Labute approximate surface area is 165 Å². The van der Waals surface area contributed by atoms with Crippen molar-refractivity contribution in [2.75, 3.05) is 11.9 Å². The number of halogens is 1. The van der Waals surface area contributed by atoms with Gasteiger partial charge in [0, 0.05) is 23.4 Å². The van der Waals surface area contributed by atoms with Crippen LogP contribution in [-0.2, 0) is 4.79 Å². The summed E-state index contributed by atoms with van der Waals surface area (Å²) in [4.78, 5) is 22.2. The minimum Gasteiger partial charge on any atom is -0.455 e. The smallest absolute Gasteiger partial charge is 0.270 e. The summed E-state index contributed by atoms with van der Waals surface area (Å²) in [5, 5.41) is 18.0. The van der Waals surface area contributed by atoms with E-state index >= 15 is 0 Å². The molecule has 2 aromatic carbocycles. The van der Waals surface area contributed by atoms with Gasteiger partial charge in [-0.15, -0.1) is 0 Å². The van der Waals surface area contributed by atoms with Crippen molar-refractivity contribution >= 4 is 35.1 Å². The minimum absolute atomic E-state index is 0.0635. The molecule has 0 saturated heterocycles. The Balaban J connectivity index is 1.59. The molecule has 0 aliphatic heterocycles. The molecule has 9 heteroatoms. The lowest BCUT2D eigenvalue weighted by Crippen LogP contribution is -2.25. The first-order valence-electron chi connectivity index (χ1n) is 8.18. The summed E-state index contributed by atoms with van der Waals surface area (Å²) in [7, 11) is 0. The van der Waals surface area contributed by atoms with Crippen molar-refractivity contribution in [2.45, 2.75) is 0 Å². The molecular weight excluding hydrogens is 384 g/mol. The number of non-ortho nitro benzene ring substituents is 1. The number of hydrogen-bond acceptors (Lipinski definition) is 6. The number of hydrazone groups is 1. The fourth-order valence-electron chi connectivity index (χ4n) is 2.33. The molecular formula is C19H15ClN4O4. The number of amides is 1. The van der Waals surface area contributed by atoms with E-state index in [1.807, 2.05) is 30.3 Å². The zero-order chi connectivity index (χ0) is 19.9. The van der Waals surface area contributed by atoms with Gasteiger partial charge in [0.1, 0.15) is 11.5 Å². The van der Waals surface area contributed by atoms with Gasteiger partial charge in [0.15, 0.2) is 0 Å². The molecule has 1 amide bonds. The van der Waals surface area contributed by atoms with E-state index in [1.54, 1.807) is 12.1 Å². The molecule has 28 heavy (non-hydrogen) atoms. The van der Waals surface area contributed by atoms with E-state index in [9.17, 15) is 14.9 Å². The Morgan fingerprint density at radius 1 is 1.18 bits per heavy atom. The van der Waals surface area contributed by atoms with Crippen LogP contribution in [0.15, 0.2) is 70.2 Å². The van der Waals surface area contributed by atoms with Gasteiger partial charge in [0.05, 0.1) is 22.7 Å². The minimum atomic E-state index is -0.510. The molecule has 0 spiro atoms. The molecule has 2 N–H and O–H groups in total. The molecule has 1 heterocycles. The number of benzene rings is 2. The van der Waals surface area contributed by atoms with Crippen molar-refractivity contribution in [2.24, 2.45) is 5.10 Å². The summed E-state index contributed by atoms with van der Waals surface area (Å²) in [6.07, 6.45) is 1.33. The number of para-hydroxylation sites is 1. The van der Waals surface area contributed by atoms with Crippen LogP contribution < -0.4 is 10.7 Å². The zero-order valence-corrected chi connectivity index (χ0v) is 15.2. The first-order chi connectivity index (χ1) is 13.5. The fourth-order valence-corrected chi connectivity index (χ4v) is 2.54. The van der Waals surface area contributed by atoms with Crippen LogP contribution in [0.3, 0.4) is 0 Å². The van der Waals surface area contributed by atoms with E-state index in [0.29, 0.717) is 22.1 Å². The van der Waals surface area contributed by atoms with Crippen LogP contribution >= 0.6 is 11.6 Å². The second-order valence-electron chi connectivity index (χ2n) is 5.64. The van der Waals surface area contributed by atoms with E-state index < -0.39 is 4.92 Å². The lowest BCUT2D eigenvalue weighted by Gasteiger charge is -2.04. The standard InChI is InChI=1S/C19H15ClN4O4/c20-17-8-6-14(24(26)27)10-16(17)18-9-7-15(28-18)11-22-23-19(25)12-21-13-4-2-1-3-5-13/h1-11,21H,12H2,(H,23,25)/b22-11+. The SMILES string of the molecule is O=C(CNc1ccccc1)N/N=C/c1ccc(-c2cc([N+](=O)[O-])ccc2Cl)o1. The zero-order valence-electron chi connectivity index (χ0n) is 14.5. The average Bonchev–Trinajstić information content (AvgIpc) is 3.16. The second-order valence-corrected chi connectivity index (χ2v) is 6.04. The molecule has 0 unspecified atom stereocenters. The Morgan fingerprint density at radius 2 is 1.96 bits per heavy atom. The number of rotatable bonds is 7. The van der Waals surface area contributed by atoms with Gasteiger partial charge in [-0.1, -0.05) is 29.8 Å². The van der Waals surface area contributed by atoms with Crippen LogP contribution in [0.5, 0.6) is 0 Å². The normalized spacial score (nSPS) is 10.8. The molecule has 0 aliphatic carbocycles. The Morgan fingerprint density at radius 3 is 2.71 bits per heavy atom. The third kappa shape index (κ3) is 4.95. The first kappa shape index (κ1) is 19.1. The number of anilines is 1. The number of furan rings is 1. The lowest BCUT2D eigenvalue weighted by molar-refractivity contribution is -0.384. The predicted octanol–water partition coefficient (Wildman–Crippen LogP) is 4.07. The summed E-state index contributed by atoms with van der Waals surface area (Å²) in [6, 6.07) is 16.6. The van der Waals surface area contributed by atoms with Gasteiger partial charge in [-0.05, 0) is 30.3 Å². The van der Waals surface area contributed by atoms with Crippen molar-refractivity contribution in [1.82, 2.24) is 5.43 Å². The van der Waals surface area contributed by atoms with Crippen molar-refractivity contribution < 1.29 is 14.1 Å². The van der Waals surface area contributed by atoms with Crippen LogP contribution in [-0.4, -0.2) is 23.6 Å².